The van der Waals surface area contributed by atoms with Crippen molar-refractivity contribution in [2.24, 2.45) is 0 Å². The Morgan fingerprint density at radius 2 is 2.25 bits per heavy atom. The number of phenolic OH excluding ortho intramolecular Hbond substituents is 1. The lowest BCUT2D eigenvalue weighted by Crippen LogP contribution is -1.78. The number of hydrogen-bond donors (Lipinski definition) is 1. The number of rotatable bonds is 2. The Bertz CT molecular complexity index is 297. The molecule has 0 saturated carbocycles. The van der Waals surface area contributed by atoms with E-state index in [4.69, 9.17) is 5.11 Å². The minimum atomic E-state index is -0.591. The van der Waals surface area contributed by atoms with Crippen LogP contribution in [0.4, 0.5) is 4.39 Å². The number of hydrogen-bond acceptors (Lipinski definition) is 1. The molecule has 0 unspecified atom stereocenters. The fraction of sp³-hybridized carbons (Fsp3) is 0.111. The lowest BCUT2D eigenvalue weighted by Gasteiger charge is -1.95. The Morgan fingerprint density at radius 3 is 2.83 bits per heavy atom. The van der Waals surface area contributed by atoms with Gasteiger partial charge in [0.05, 0.1) is 0 Å². The third-order valence-electron chi connectivity index (χ3n) is 1.37. The van der Waals surface area contributed by atoms with Gasteiger partial charge in [0.1, 0.15) is 0 Å². The summed E-state index contributed by atoms with van der Waals surface area (Å²) < 4.78 is 12.7. The third-order valence-corrected chi connectivity index (χ3v) is 1.74. The van der Waals surface area contributed by atoms with Crippen molar-refractivity contribution in [2.45, 2.75) is 0 Å². The molecule has 12 heavy (non-hydrogen) atoms. The van der Waals surface area contributed by atoms with Crippen LogP contribution >= 0.6 is 15.9 Å². The van der Waals surface area contributed by atoms with Crippen LogP contribution in [0, 0.1) is 5.82 Å². The van der Waals surface area contributed by atoms with Crippen LogP contribution in [-0.4, -0.2) is 10.4 Å². The van der Waals surface area contributed by atoms with Crippen LogP contribution in [0.15, 0.2) is 24.3 Å². The maximum atomic E-state index is 12.7. The van der Waals surface area contributed by atoms with E-state index in [-0.39, 0.29) is 5.75 Å². The van der Waals surface area contributed by atoms with Crippen LogP contribution in [-0.2, 0) is 0 Å². The quantitative estimate of drug-likeness (QED) is 0.776. The van der Waals surface area contributed by atoms with Crippen molar-refractivity contribution in [1.29, 1.82) is 0 Å². The first-order chi connectivity index (χ1) is 5.74. The number of alkyl halides is 1. The van der Waals surface area contributed by atoms with Crippen molar-refractivity contribution in [1.82, 2.24) is 0 Å². The highest BCUT2D eigenvalue weighted by atomic mass is 79.9. The molecule has 64 valence electrons. The number of benzene rings is 1. The van der Waals surface area contributed by atoms with E-state index in [9.17, 15) is 4.39 Å². The van der Waals surface area contributed by atoms with Gasteiger partial charge in [-0.05, 0) is 17.7 Å². The average molecular weight is 231 g/mol. The van der Waals surface area contributed by atoms with Crippen LogP contribution in [0.3, 0.4) is 0 Å². The van der Waals surface area contributed by atoms with Gasteiger partial charge in [0.15, 0.2) is 11.6 Å². The van der Waals surface area contributed by atoms with E-state index >= 15 is 0 Å². The molecule has 0 spiro atoms. The summed E-state index contributed by atoms with van der Waals surface area (Å²) in [6.45, 7) is 0. The van der Waals surface area contributed by atoms with Crippen molar-refractivity contribution >= 4 is 22.0 Å². The van der Waals surface area contributed by atoms with Crippen LogP contribution in [0.25, 0.3) is 6.08 Å². The minimum Gasteiger partial charge on any atom is -0.505 e. The molecule has 3 heteroatoms. The molecular weight excluding hydrogens is 223 g/mol. The van der Waals surface area contributed by atoms with E-state index in [1.54, 1.807) is 12.1 Å². The molecule has 1 aromatic carbocycles. The molecule has 0 aliphatic heterocycles. The lowest BCUT2D eigenvalue weighted by atomic mass is 10.2. The number of phenols is 1. The monoisotopic (exact) mass is 230 g/mol. The molecule has 0 radical (unpaired) electrons. The number of halogens is 2. The molecule has 0 fully saturated rings. The smallest absolute Gasteiger partial charge is 0.165 e. The Kier molecular flexibility index (Phi) is 3.29. The highest BCUT2D eigenvalue weighted by Gasteiger charge is 1.97. The average Bonchev–Trinajstić information content (AvgIpc) is 2.07. The lowest BCUT2D eigenvalue weighted by molar-refractivity contribution is 0.432. The minimum absolute atomic E-state index is 0.314. The SMILES string of the molecule is Oc1ccc(C=CCBr)cc1F. The summed E-state index contributed by atoms with van der Waals surface area (Å²) in [7, 11) is 0. The first kappa shape index (κ1) is 9.26. The first-order valence-electron chi connectivity index (χ1n) is 3.45. The van der Waals surface area contributed by atoms with Gasteiger partial charge in [0.25, 0.3) is 0 Å². The summed E-state index contributed by atoms with van der Waals surface area (Å²) in [5.74, 6) is -0.905. The third kappa shape index (κ3) is 2.34. The largest absolute Gasteiger partial charge is 0.505 e. The Hall–Kier alpha value is -0.830. The highest BCUT2D eigenvalue weighted by molar-refractivity contribution is 9.09. The maximum Gasteiger partial charge on any atom is 0.165 e. The van der Waals surface area contributed by atoms with E-state index in [0.717, 1.165) is 10.9 Å². The van der Waals surface area contributed by atoms with Crippen LogP contribution < -0.4 is 0 Å². The van der Waals surface area contributed by atoms with E-state index in [1.807, 2.05) is 6.08 Å². The Morgan fingerprint density at radius 1 is 1.50 bits per heavy atom. The van der Waals surface area contributed by atoms with Crippen LogP contribution in [0.5, 0.6) is 5.75 Å². The van der Waals surface area contributed by atoms with Gasteiger partial charge in [0, 0.05) is 5.33 Å². The number of aromatic hydroxyl groups is 1. The molecular formula is C9H8BrFO. The van der Waals surface area contributed by atoms with E-state index in [1.165, 1.54) is 12.1 Å². The van der Waals surface area contributed by atoms with E-state index < -0.39 is 5.82 Å². The zero-order chi connectivity index (χ0) is 8.97. The molecule has 0 bridgehead atoms. The standard InChI is InChI=1S/C9H8BrFO/c10-5-1-2-7-3-4-9(12)8(11)6-7/h1-4,6,12H,5H2. The van der Waals surface area contributed by atoms with Crippen LogP contribution in [0.1, 0.15) is 5.56 Å². The van der Waals surface area contributed by atoms with Gasteiger partial charge in [-0.1, -0.05) is 34.1 Å². The first-order valence-corrected chi connectivity index (χ1v) is 4.57. The maximum absolute atomic E-state index is 12.7. The second-order valence-electron chi connectivity index (χ2n) is 2.27. The molecule has 1 rings (SSSR count). The zero-order valence-corrected chi connectivity index (χ0v) is 7.88. The molecule has 0 saturated heterocycles. The molecule has 0 amide bonds. The van der Waals surface area contributed by atoms with Gasteiger partial charge in [0.2, 0.25) is 0 Å². The van der Waals surface area contributed by atoms with Gasteiger partial charge in [-0.15, -0.1) is 0 Å². The van der Waals surface area contributed by atoms with Gasteiger partial charge in [-0.3, -0.25) is 0 Å². The number of allylic oxidation sites excluding steroid dienone is 1. The summed E-state index contributed by atoms with van der Waals surface area (Å²) in [4.78, 5) is 0. The highest BCUT2D eigenvalue weighted by Crippen LogP contribution is 2.16. The zero-order valence-electron chi connectivity index (χ0n) is 6.30. The van der Waals surface area contributed by atoms with Gasteiger partial charge in [-0.2, -0.15) is 0 Å². The molecule has 1 N–H and O–H groups in total. The topological polar surface area (TPSA) is 20.2 Å². The van der Waals surface area contributed by atoms with Crippen LogP contribution in [0.2, 0.25) is 0 Å². The van der Waals surface area contributed by atoms with Gasteiger partial charge >= 0.3 is 0 Å². The molecule has 1 nitrogen and oxygen atoms in total. The second kappa shape index (κ2) is 4.26. The Labute approximate surface area is 78.7 Å². The Balaban J connectivity index is 2.89. The summed E-state index contributed by atoms with van der Waals surface area (Å²) in [6.07, 6.45) is 3.63. The van der Waals surface area contributed by atoms with E-state index in [2.05, 4.69) is 15.9 Å². The van der Waals surface area contributed by atoms with Crippen molar-refractivity contribution < 1.29 is 9.50 Å². The summed E-state index contributed by atoms with van der Waals surface area (Å²) >= 11 is 3.21. The predicted octanol–water partition coefficient (Wildman–Crippen LogP) is 2.94. The van der Waals surface area contributed by atoms with Gasteiger partial charge < -0.3 is 5.11 Å². The van der Waals surface area contributed by atoms with E-state index in [0.29, 0.717) is 0 Å². The molecule has 0 aliphatic carbocycles. The summed E-state index contributed by atoms with van der Waals surface area (Å²) in [5, 5.41) is 9.59. The molecule has 0 atom stereocenters. The normalized spacial score (nSPS) is 10.8. The molecule has 1 aromatic rings. The fourth-order valence-electron chi connectivity index (χ4n) is 0.807. The summed E-state index contributed by atoms with van der Waals surface area (Å²) in [5.41, 5.74) is 0.741. The van der Waals surface area contributed by atoms with Crippen molar-refractivity contribution in [3.63, 3.8) is 0 Å². The predicted molar refractivity (Wildman–Crippen MR) is 50.9 cm³/mol. The van der Waals surface area contributed by atoms with Crippen molar-refractivity contribution in [2.75, 3.05) is 5.33 Å². The van der Waals surface area contributed by atoms with Crippen molar-refractivity contribution in [3.8, 4) is 5.75 Å². The summed E-state index contributed by atoms with van der Waals surface area (Å²) in [6, 6.07) is 4.27. The second-order valence-corrected chi connectivity index (χ2v) is 2.92. The van der Waals surface area contributed by atoms with Gasteiger partial charge in [-0.25, -0.2) is 4.39 Å². The fourth-order valence-corrected chi connectivity index (χ4v) is 0.994. The molecule has 0 aromatic heterocycles. The van der Waals surface area contributed by atoms with Crippen molar-refractivity contribution in [3.05, 3.63) is 35.7 Å². The molecule has 0 heterocycles. The molecule has 0 aliphatic rings.